The molecule has 2 nitrogen and oxygen atoms in total. The van der Waals surface area contributed by atoms with E-state index >= 15 is 0 Å². The molecular formula is C19H18O2. The van der Waals surface area contributed by atoms with Crippen molar-refractivity contribution < 1.29 is 9.15 Å². The molecule has 0 saturated heterocycles. The van der Waals surface area contributed by atoms with Crippen LogP contribution in [0.1, 0.15) is 35.6 Å². The number of benzene rings is 2. The molecule has 4 rings (SSSR count). The summed E-state index contributed by atoms with van der Waals surface area (Å²) in [5.41, 5.74) is 3.67. The van der Waals surface area contributed by atoms with Crippen molar-refractivity contribution in [2.45, 2.75) is 25.2 Å². The molecule has 1 saturated carbocycles. The molecule has 0 bridgehead atoms. The normalized spacial score (nSPS) is 14.5. The number of furan rings is 1. The van der Waals surface area contributed by atoms with Gasteiger partial charge in [-0.15, -0.1) is 0 Å². The lowest BCUT2D eigenvalue weighted by molar-refractivity contribution is 0.414. The Labute approximate surface area is 124 Å². The lowest BCUT2D eigenvalue weighted by atomic mass is 10.00. The third-order valence-electron chi connectivity index (χ3n) is 4.22. The van der Waals surface area contributed by atoms with Crippen molar-refractivity contribution >= 4 is 11.0 Å². The predicted octanol–water partition coefficient (Wildman–Crippen LogP) is 4.91. The number of rotatable bonds is 4. The number of fused-ring (bicyclic) bond motifs is 1. The number of ether oxygens (including phenoxy) is 1. The smallest absolute Gasteiger partial charge is 0.134 e. The van der Waals surface area contributed by atoms with Crippen LogP contribution in [0.2, 0.25) is 0 Å². The van der Waals surface area contributed by atoms with Gasteiger partial charge in [0.25, 0.3) is 0 Å². The summed E-state index contributed by atoms with van der Waals surface area (Å²) in [6.45, 7) is 0. The summed E-state index contributed by atoms with van der Waals surface area (Å²) in [5, 5.41) is 1.26. The van der Waals surface area contributed by atoms with Gasteiger partial charge in [0.05, 0.1) is 7.11 Å². The first-order chi connectivity index (χ1) is 10.3. The maximum absolute atomic E-state index is 6.12. The van der Waals surface area contributed by atoms with E-state index in [9.17, 15) is 0 Å². The van der Waals surface area contributed by atoms with Crippen LogP contribution >= 0.6 is 0 Å². The molecule has 1 heterocycles. The Morgan fingerprint density at radius 2 is 1.81 bits per heavy atom. The summed E-state index contributed by atoms with van der Waals surface area (Å²) < 4.78 is 11.3. The van der Waals surface area contributed by atoms with Crippen molar-refractivity contribution in [1.82, 2.24) is 0 Å². The maximum atomic E-state index is 6.12. The lowest BCUT2D eigenvalue weighted by Crippen LogP contribution is -1.92. The van der Waals surface area contributed by atoms with Gasteiger partial charge in [-0.2, -0.15) is 0 Å². The van der Waals surface area contributed by atoms with Crippen LogP contribution in [0.25, 0.3) is 11.0 Å². The molecule has 0 atom stereocenters. The topological polar surface area (TPSA) is 22.4 Å². The first-order valence-electron chi connectivity index (χ1n) is 7.48. The molecule has 1 aromatic heterocycles. The number of para-hydroxylation sites is 1. The van der Waals surface area contributed by atoms with Crippen LogP contribution in [-0.4, -0.2) is 7.11 Å². The Hall–Kier alpha value is -2.22. The number of hydrogen-bond acceptors (Lipinski definition) is 2. The zero-order chi connectivity index (χ0) is 14.2. The van der Waals surface area contributed by atoms with E-state index < -0.39 is 0 Å². The van der Waals surface area contributed by atoms with Gasteiger partial charge in [-0.25, -0.2) is 0 Å². The van der Waals surface area contributed by atoms with Gasteiger partial charge < -0.3 is 9.15 Å². The van der Waals surface area contributed by atoms with Crippen molar-refractivity contribution in [3.63, 3.8) is 0 Å². The summed E-state index contributed by atoms with van der Waals surface area (Å²) >= 11 is 0. The molecule has 1 aliphatic rings. The second-order valence-corrected chi connectivity index (χ2v) is 5.74. The highest BCUT2D eigenvalue weighted by Gasteiger charge is 2.30. The van der Waals surface area contributed by atoms with Crippen molar-refractivity contribution in [2.24, 2.45) is 0 Å². The fraction of sp³-hybridized carbons (Fsp3) is 0.263. The van der Waals surface area contributed by atoms with Crippen molar-refractivity contribution in [3.05, 3.63) is 65.4 Å². The van der Waals surface area contributed by atoms with Crippen LogP contribution < -0.4 is 4.74 Å². The Kier molecular flexibility index (Phi) is 2.95. The molecule has 0 spiro atoms. The molecule has 0 radical (unpaired) electrons. The van der Waals surface area contributed by atoms with E-state index in [2.05, 4.69) is 30.3 Å². The van der Waals surface area contributed by atoms with Crippen molar-refractivity contribution in [2.75, 3.05) is 7.11 Å². The summed E-state index contributed by atoms with van der Waals surface area (Å²) in [6, 6.07) is 16.7. The van der Waals surface area contributed by atoms with E-state index in [-0.39, 0.29) is 0 Å². The first-order valence-corrected chi connectivity index (χ1v) is 7.48. The Morgan fingerprint density at radius 3 is 2.52 bits per heavy atom. The molecule has 0 unspecified atom stereocenters. The Morgan fingerprint density at radius 1 is 1.05 bits per heavy atom. The molecule has 3 aromatic rings. The monoisotopic (exact) mass is 278 g/mol. The molecule has 0 aliphatic heterocycles. The van der Waals surface area contributed by atoms with Gasteiger partial charge in [0.1, 0.15) is 17.1 Å². The highest BCUT2D eigenvalue weighted by Crippen LogP contribution is 2.45. The van der Waals surface area contributed by atoms with E-state index in [0.29, 0.717) is 5.92 Å². The molecule has 0 N–H and O–H groups in total. The largest absolute Gasteiger partial charge is 0.497 e. The predicted molar refractivity (Wildman–Crippen MR) is 84.0 cm³/mol. The minimum Gasteiger partial charge on any atom is -0.497 e. The maximum Gasteiger partial charge on any atom is 0.134 e. The molecule has 1 fully saturated rings. The van der Waals surface area contributed by atoms with Crippen LogP contribution in [0.5, 0.6) is 5.75 Å². The van der Waals surface area contributed by atoms with E-state index in [4.69, 9.17) is 9.15 Å². The third kappa shape index (κ3) is 2.31. The van der Waals surface area contributed by atoms with Crippen LogP contribution in [0.15, 0.2) is 52.9 Å². The van der Waals surface area contributed by atoms with Crippen LogP contribution in [-0.2, 0) is 6.42 Å². The average Bonchev–Trinajstić information content (AvgIpc) is 3.32. The molecule has 2 heteroatoms. The second-order valence-electron chi connectivity index (χ2n) is 5.74. The van der Waals surface area contributed by atoms with Gasteiger partial charge in [-0.05, 0) is 36.6 Å². The molecule has 2 aromatic carbocycles. The Balaban J connectivity index is 1.75. The van der Waals surface area contributed by atoms with Crippen molar-refractivity contribution in [1.29, 1.82) is 0 Å². The second kappa shape index (κ2) is 4.96. The summed E-state index contributed by atoms with van der Waals surface area (Å²) in [6.07, 6.45) is 3.44. The van der Waals surface area contributed by atoms with Crippen LogP contribution in [0, 0.1) is 0 Å². The molecule has 1 aliphatic carbocycles. The van der Waals surface area contributed by atoms with Crippen molar-refractivity contribution in [3.8, 4) is 5.75 Å². The quantitative estimate of drug-likeness (QED) is 0.676. The van der Waals surface area contributed by atoms with E-state index in [1.165, 1.54) is 35.1 Å². The highest BCUT2D eigenvalue weighted by atomic mass is 16.5. The molecule has 106 valence electrons. The SMILES string of the molecule is COc1ccc(Cc2c(C3CC3)oc3ccccc23)cc1. The average molecular weight is 278 g/mol. The summed E-state index contributed by atoms with van der Waals surface area (Å²) in [4.78, 5) is 0. The highest BCUT2D eigenvalue weighted by molar-refractivity contribution is 5.83. The zero-order valence-corrected chi connectivity index (χ0v) is 12.1. The summed E-state index contributed by atoms with van der Waals surface area (Å²) in [7, 11) is 1.70. The molecular weight excluding hydrogens is 260 g/mol. The van der Waals surface area contributed by atoms with Gasteiger partial charge in [-0.3, -0.25) is 0 Å². The fourth-order valence-electron chi connectivity index (χ4n) is 2.92. The minimum absolute atomic E-state index is 0.630. The summed E-state index contributed by atoms with van der Waals surface area (Å²) in [5.74, 6) is 2.73. The van der Waals surface area contributed by atoms with Gasteiger partial charge in [0.15, 0.2) is 0 Å². The molecule has 0 amide bonds. The first kappa shape index (κ1) is 12.5. The number of hydrogen-bond donors (Lipinski definition) is 0. The van der Waals surface area contributed by atoms with Gasteiger partial charge in [0, 0.05) is 23.3 Å². The molecule has 21 heavy (non-hydrogen) atoms. The van der Waals surface area contributed by atoms with E-state index in [1.54, 1.807) is 7.11 Å². The lowest BCUT2D eigenvalue weighted by Gasteiger charge is -2.05. The van der Waals surface area contributed by atoms with Gasteiger partial charge >= 0.3 is 0 Å². The standard InChI is InChI=1S/C19H18O2/c1-20-15-10-6-13(7-11-15)12-17-16-4-2-3-5-18(16)21-19(17)14-8-9-14/h2-7,10-11,14H,8-9,12H2,1H3. The minimum atomic E-state index is 0.630. The number of methoxy groups -OCH3 is 1. The van der Waals surface area contributed by atoms with Gasteiger partial charge in [-0.1, -0.05) is 30.3 Å². The van der Waals surface area contributed by atoms with Gasteiger partial charge in [0.2, 0.25) is 0 Å². The zero-order valence-electron chi connectivity index (χ0n) is 12.1. The van der Waals surface area contributed by atoms with Crippen LogP contribution in [0.3, 0.4) is 0 Å². The van der Waals surface area contributed by atoms with E-state index in [1.807, 2.05) is 18.2 Å². The fourth-order valence-corrected chi connectivity index (χ4v) is 2.92. The van der Waals surface area contributed by atoms with Crippen LogP contribution in [0.4, 0.5) is 0 Å². The van der Waals surface area contributed by atoms with E-state index in [0.717, 1.165) is 17.8 Å². The Bertz CT molecular complexity index is 764. The third-order valence-corrected chi connectivity index (χ3v) is 4.22.